The van der Waals surface area contributed by atoms with E-state index >= 15 is 0 Å². The maximum absolute atomic E-state index is 10.6. The Morgan fingerprint density at radius 1 is 1.38 bits per heavy atom. The molecule has 0 radical (unpaired) electrons. The summed E-state index contributed by atoms with van der Waals surface area (Å²) in [7, 11) is 0. The predicted molar refractivity (Wildman–Crippen MR) is 53.2 cm³/mol. The molecule has 0 spiro atoms. The molecule has 0 bridgehead atoms. The maximum atomic E-state index is 10.6. The molecule has 3 nitrogen and oxygen atoms in total. The van der Waals surface area contributed by atoms with Crippen molar-refractivity contribution in [1.82, 2.24) is 4.98 Å². The lowest BCUT2D eigenvalue weighted by Gasteiger charge is -1.96. The molecule has 0 atom stereocenters. The Kier molecular flexibility index (Phi) is 1.94. The first-order chi connectivity index (χ1) is 6.27. The number of para-hydroxylation sites is 1. The highest BCUT2D eigenvalue weighted by atomic mass is 35.5. The first-order valence-corrected chi connectivity index (χ1v) is 4.18. The number of amides is 1. The summed E-state index contributed by atoms with van der Waals surface area (Å²) in [5.41, 5.74) is 1.68. The number of hydrogen-bond acceptors (Lipinski definition) is 1. The average Bonchev–Trinajstić information content (AvgIpc) is 2.48. The minimum atomic E-state index is -0.579. The molecule has 0 unspecified atom stereocenters. The molecule has 2 N–H and O–H groups in total. The third kappa shape index (κ3) is 1.51. The summed E-state index contributed by atoms with van der Waals surface area (Å²) < 4.78 is 0. The van der Waals surface area contributed by atoms with Crippen LogP contribution in [0, 0.1) is 0 Å². The number of carbonyl (C=O) groups excluding carboxylic acids is 1. The molecule has 4 heteroatoms. The van der Waals surface area contributed by atoms with Gasteiger partial charge in [0.1, 0.15) is 0 Å². The molecule has 1 amide bonds. The number of aromatic amines is 1. The molecular formula is C9H7ClN2O. The summed E-state index contributed by atoms with van der Waals surface area (Å²) in [5, 5.41) is 2.90. The number of hydrogen-bond donors (Lipinski definition) is 2. The van der Waals surface area contributed by atoms with E-state index in [1.165, 1.54) is 0 Å². The van der Waals surface area contributed by atoms with Gasteiger partial charge in [0.15, 0.2) is 0 Å². The Morgan fingerprint density at radius 2 is 2.15 bits per heavy atom. The molecule has 0 aliphatic rings. The number of halogens is 1. The van der Waals surface area contributed by atoms with Crippen LogP contribution in [0.3, 0.4) is 0 Å². The number of carbonyl (C=O) groups is 1. The Bertz CT molecular complexity index is 450. The monoisotopic (exact) mass is 194 g/mol. The van der Waals surface area contributed by atoms with E-state index in [0.717, 1.165) is 10.9 Å². The molecule has 2 aromatic rings. The van der Waals surface area contributed by atoms with Gasteiger partial charge in [0.25, 0.3) is 0 Å². The van der Waals surface area contributed by atoms with Gasteiger partial charge in [0.05, 0.1) is 5.69 Å². The number of fused-ring (bicyclic) bond motifs is 1. The van der Waals surface area contributed by atoms with E-state index < -0.39 is 5.37 Å². The molecule has 1 aromatic carbocycles. The summed E-state index contributed by atoms with van der Waals surface area (Å²) >= 11 is 5.21. The van der Waals surface area contributed by atoms with Crippen LogP contribution in [-0.2, 0) is 0 Å². The first-order valence-electron chi connectivity index (χ1n) is 3.80. The number of nitrogens with one attached hydrogen (secondary N) is 2. The fourth-order valence-corrected chi connectivity index (χ4v) is 1.38. The zero-order valence-electron chi connectivity index (χ0n) is 6.67. The van der Waals surface area contributed by atoms with Crippen LogP contribution < -0.4 is 5.32 Å². The minimum absolute atomic E-state index is 0.579. The highest BCUT2D eigenvalue weighted by Gasteiger charge is 2.03. The smallest absolute Gasteiger partial charge is 0.318 e. The van der Waals surface area contributed by atoms with Crippen LogP contribution in [0.2, 0.25) is 0 Å². The molecule has 1 heterocycles. The molecule has 2 rings (SSSR count). The summed E-state index contributed by atoms with van der Waals surface area (Å²) in [6.45, 7) is 0. The second-order valence-corrected chi connectivity index (χ2v) is 2.99. The van der Waals surface area contributed by atoms with Gasteiger partial charge >= 0.3 is 5.37 Å². The fraction of sp³-hybridized carbons (Fsp3) is 0. The number of aromatic nitrogens is 1. The predicted octanol–water partition coefficient (Wildman–Crippen LogP) is 2.94. The summed E-state index contributed by atoms with van der Waals surface area (Å²) in [5.74, 6) is 0. The van der Waals surface area contributed by atoms with E-state index in [-0.39, 0.29) is 0 Å². The number of H-pyrrole nitrogens is 1. The highest BCUT2D eigenvalue weighted by molar-refractivity contribution is 6.65. The van der Waals surface area contributed by atoms with Crippen molar-refractivity contribution in [2.75, 3.05) is 5.32 Å². The largest absolute Gasteiger partial charge is 0.359 e. The summed E-state index contributed by atoms with van der Waals surface area (Å²) in [6, 6.07) is 7.67. The van der Waals surface area contributed by atoms with Crippen LogP contribution in [0.1, 0.15) is 0 Å². The van der Waals surface area contributed by atoms with Gasteiger partial charge < -0.3 is 10.3 Å². The van der Waals surface area contributed by atoms with Crippen LogP contribution in [0.5, 0.6) is 0 Å². The van der Waals surface area contributed by atoms with Crippen molar-refractivity contribution in [2.24, 2.45) is 0 Å². The van der Waals surface area contributed by atoms with Crippen molar-refractivity contribution in [2.45, 2.75) is 0 Å². The minimum Gasteiger partial charge on any atom is -0.359 e. The average molecular weight is 195 g/mol. The van der Waals surface area contributed by atoms with E-state index in [0.29, 0.717) is 5.69 Å². The first kappa shape index (κ1) is 8.13. The quantitative estimate of drug-likeness (QED) is 0.532. The third-order valence-corrected chi connectivity index (χ3v) is 1.92. The molecule has 13 heavy (non-hydrogen) atoms. The molecule has 66 valence electrons. The van der Waals surface area contributed by atoms with Crippen LogP contribution in [0.4, 0.5) is 10.5 Å². The third-order valence-electron chi connectivity index (χ3n) is 1.82. The zero-order chi connectivity index (χ0) is 9.26. The molecule has 0 aliphatic heterocycles. The van der Waals surface area contributed by atoms with Gasteiger partial charge in [-0.2, -0.15) is 0 Å². The van der Waals surface area contributed by atoms with E-state index in [2.05, 4.69) is 10.3 Å². The van der Waals surface area contributed by atoms with Crippen molar-refractivity contribution in [3.05, 3.63) is 30.5 Å². The molecule has 0 fully saturated rings. The second-order valence-electron chi connectivity index (χ2n) is 2.65. The molecular weight excluding hydrogens is 188 g/mol. The van der Waals surface area contributed by atoms with Crippen molar-refractivity contribution in [3.8, 4) is 0 Å². The van der Waals surface area contributed by atoms with Crippen LogP contribution in [0.15, 0.2) is 30.5 Å². The molecule has 0 aliphatic carbocycles. The topological polar surface area (TPSA) is 44.9 Å². The second kappa shape index (κ2) is 3.11. The Morgan fingerprint density at radius 3 is 2.92 bits per heavy atom. The van der Waals surface area contributed by atoms with E-state index in [4.69, 9.17) is 11.6 Å². The standard InChI is InChI=1S/C9H7ClN2O/c10-9(13)12-8-5-11-7-4-2-1-3-6(7)8/h1-5,11H,(H,12,13). The van der Waals surface area contributed by atoms with Gasteiger partial charge in [-0.25, -0.2) is 0 Å². The highest BCUT2D eigenvalue weighted by Crippen LogP contribution is 2.22. The number of anilines is 1. The SMILES string of the molecule is O=C(Cl)Nc1c[nH]c2ccccc12. The lowest BCUT2D eigenvalue weighted by molar-refractivity contribution is 0.269. The lowest BCUT2D eigenvalue weighted by atomic mass is 10.2. The van der Waals surface area contributed by atoms with Gasteiger partial charge in [0.2, 0.25) is 0 Å². The van der Waals surface area contributed by atoms with E-state index in [1.807, 2.05) is 24.3 Å². The summed E-state index contributed by atoms with van der Waals surface area (Å²) in [6.07, 6.45) is 1.71. The van der Waals surface area contributed by atoms with Crippen molar-refractivity contribution < 1.29 is 4.79 Å². The van der Waals surface area contributed by atoms with Gasteiger partial charge in [-0.3, -0.25) is 4.79 Å². The normalized spacial score (nSPS) is 10.2. The Balaban J connectivity index is 2.51. The van der Waals surface area contributed by atoms with Crippen molar-refractivity contribution in [1.29, 1.82) is 0 Å². The fourth-order valence-electron chi connectivity index (χ4n) is 1.28. The Hall–Kier alpha value is -1.48. The van der Waals surface area contributed by atoms with Crippen molar-refractivity contribution >= 4 is 33.6 Å². The van der Waals surface area contributed by atoms with Crippen molar-refractivity contribution in [3.63, 3.8) is 0 Å². The van der Waals surface area contributed by atoms with Gasteiger partial charge in [-0.15, -0.1) is 0 Å². The maximum Gasteiger partial charge on any atom is 0.318 e. The lowest BCUT2D eigenvalue weighted by Crippen LogP contribution is -1.99. The Labute approximate surface area is 79.7 Å². The van der Waals surface area contributed by atoms with Gasteiger partial charge in [-0.05, 0) is 17.7 Å². The van der Waals surface area contributed by atoms with Crippen LogP contribution >= 0.6 is 11.6 Å². The number of rotatable bonds is 1. The van der Waals surface area contributed by atoms with E-state index in [9.17, 15) is 4.79 Å². The zero-order valence-corrected chi connectivity index (χ0v) is 7.43. The van der Waals surface area contributed by atoms with E-state index in [1.54, 1.807) is 6.20 Å². The number of benzene rings is 1. The summed E-state index contributed by atoms with van der Waals surface area (Å²) in [4.78, 5) is 13.6. The molecule has 1 aromatic heterocycles. The van der Waals surface area contributed by atoms with Gasteiger partial charge in [0, 0.05) is 17.1 Å². The van der Waals surface area contributed by atoms with Crippen LogP contribution in [-0.4, -0.2) is 10.4 Å². The molecule has 0 saturated carbocycles. The molecule has 0 saturated heterocycles. The van der Waals surface area contributed by atoms with Crippen LogP contribution in [0.25, 0.3) is 10.9 Å². The van der Waals surface area contributed by atoms with Gasteiger partial charge in [-0.1, -0.05) is 18.2 Å².